The highest BCUT2D eigenvalue weighted by Crippen LogP contribution is 2.25. The molecule has 0 bridgehead atoms. The molecule has 190 valence electrons. The summed E-state index contributed by atoms with van der Waals surface area (Å²) in [6, 6.07) is 17.4. The summed E-state index contributed by atoms with van der Waals surface area (Å²) in [7, 11) is 3.93. The molecule has 0 aliphatic heterocycles. The molecule has 2 amide bonds. The summed E-state index contributed by atoms with van der Waals surface area (Å²) in [6.45, 7) is 9.71. The van der Waals surface area contributed by atoms with Gasteiger partial charge in [0.2, 0.25) is 11.8 Å². The molecule has 0 saturated carbocycles. The Morgan fingerprint density at radius 1 is 0.944 bits per heavy atom. The van der Waals surface area contributed by atoms with Crippen LogP contribution >= 0.6 is 11.8 Å². The molecule has 0 fully saturated rings. The fourth-order valence-corrected chi connectivity index (χ4v) is 4.59. The van der Waals surface area contributed by atoms with Crippen molar-refractivity contribution in [1.29, 1.82) is 0 Å². The lowest BCUT2D eigenvalue weighted by molar-refractivity contribution is -0.142. The second kappa shape index (κ2) is 11.6. The molecule has 0 unspecified atom stereocenters. The third kappa shape index (κ3) is 6.85. The number of hydrogen-bond acceptors (Lipinski definition) is 6. The van der Waals surface area contributed by atoms with Crippen LogP contribution in [0.4, 0.5) is 11.4 Å². The van der Waals surface area contributed by atoms with Crippen molar-refractivity contribution in [1.82, 2.24) is 14.9 Å². The van der Waals surface area contributed by atoms with Gasteiger partial charge in [-0.3, -0.25) is 9.59 Å². The highest BCUT2D eigenvalue weighted by atomic mass is 32.2. The lowest BCUT2D eigenvalue weighted by Gasteiger charge is -2.37. The molecule has 1 N–H and O–H groups in total. The largest absolute Gasteiger partial charge is 0.378 e. The molecule has 0 aliphatic carbocycles. The molecule has 0 radical (unpaired) electrons. The first-order valence-electron chi connectivity index (χ1n) is 11.9. The first-order chi connectivity index (χ1) is 17.0. The van der Waals surface area contributed by atoms with E-state index in [-0.39, 0.29) is 17.6 Å². The van der Waals surface area contributed by atoms with Crippen LogP contribution in [0.1, 0.15) is 36.4 Å². The van der Waals surface area contributed by atoms with Crippen LogP contribution in [0.15, 0.2) is 59.8 Å². The fraction of sp³-hybridized carbons (Fsp3) is 0.357. The smallest absolute Gasteiger partial charge is 0.249 e. The van der Waals surface area contributed by atoms with E-state index in [9.17, 15) is 9.59 Å². The molecule has 0 atom stereocenters. The van der Waals surface area contributed by atoms with Gasteiger partial charge in [0.15, 0.2) is 5.16 Å². The second-order valence-corrected chi connectivity index (χ2v) is 10.5. The van der Waals surface area contributed by atoms with Gasteiger partial charge >= 0.3 is 0 Å². The van der Waals surface area contributed by atoms with Gasteiger partial charge in [-0.2, -0.15) is 0 Å². The Morgan fingerprint density at radius 3 is 2.14 bits per heavy atom. The number of thioether (sulfide) groups is 1. The van der Waals surface area contributed by atoms with Crippen molar-refractivity contribution in [2.24, 2.45) is 0 Å². The number of carbonyl (C=O) groups is 2. The lowest BCUT2D eigenvalue weighted by Crippen LogP contribution is -2.55. The summed E-state index contributed by atoms with van der Waals surface area (Å²) in [4.78, 5) is 39.6. The number of benzene rings is 2. The van der Waals surface area contributed by atoms with E-state index in [1.165, 1.54) is 11.8 Å². The van der Waals surface area contributed by atoms with Crippen LogP contribution in [-0.2, 0) is 16.1 Å². The van der Waals surface area contributed by atoms with Gasteiger partial charge < -0.3 is 15.1 Å². The van der Waals surface area contributed by atoms with Crippen LogP contribution in [0.2, 0.25) is 0 Å². The predicted molar refractivity (Wildman–Crippen MR) is 147 cm³/mol. The van der Waals surface area contributed by atoms with Gasteiger partial charge in [0, 0.05) is 43.4 Å². The molecular weight excluding hydrogens is 470 g/mol. The number of carbonyl (C=O) groups excluding carboxylic acids is 2. The second-order valence-electron chi connectivity index (χ2n) is 9.58. The third-order valence-electron chi connectivity index (χ3n) is 6.05. The van der Waals surface area contributed by atoms with Gasteiger partial charge in [-0.05, 0) is 76.1 Å². The number of nitrogens with zero attached hydrogens (tertiary/aromatic N) is 4. The molecule has 0 spiro atoms. The Bertz CT molecular complexity index is 1200. The average molecular weight is 506 g/mol. The molecule has 3 aromatic rings. The number of aryl methyl sites for hydroxylation is 3. The monoisotopic (exact) mass is 505 g/mol. The van der Waals surface area contributed by atoms with Gasteiger partial charge in [-0.15, -0.1) is 0 Å². The minimum atomic E-state index is -1.11. The van der Waals surface area contributed by atoms with Gasteiger partial charge in [0.05, 0.1) is 5.75 Å². The maximum Gasteiger partial charge on any atom is 0.249 e. The zero-order chi connectivity index (χ0) is 26.5. The fourth-order valence-electron chi connectivity index (χ4n) is 3.77. The topological polar surface area (TPSA) is 78.4 Å². The van der Waals surface area contributed by atoms with Crippen LogP contribution in [0.3, 0.4) is 0 Å². The van der Waals surface area contributed by atoms with Crippen molar-refractivity contribution in [3.63, 3.8) is 0 Å². The molecule has 0 saturated heterocycles. The Balaban J connectivity index is 1.84. The molecule has 8 heteroatoms. The Hall–Kier alpha value is -3.39. The van der Waals surface area contributed by atoms with Gasteiger partial charge in [0.25, 0.3) is 0 Å². The summed E-state index contributed by atoms with van der Waals surface area (Å²) in [5.74, 6) is -0.285. The third-order valence-corrected chi connectivity index (χ3v) is 6.88. The maximum absolute atomic E-state index is 13.6. The number of anilines is 2. The summed E-state index contributed by atoms with van der Waals surface area (Å²) < 4.78 is 0. The van der Waals surface area contributed by atoms with Gasteiger partial charge in [-0.1, -0.05) is 36.0 Å². The number of amides is 2. The van der Waals surface area contributed by atoms with E-state index in [2.05, 4.69) is 15.3 Å². The van der Waals surface area contributed by atoms with E-state index in [1.54, 1.807) is 18.7 Å². The van der Waals surface area contributed by atoms with E-state index in [0.717, 1.165) is 28.2 Å². The van der Waals surface area contributed by atoms with E-state index in [1.807, 2.05) is 94.4 Å². The van der Waals surface area contributed by atoms with Crippen LogP contribution < -0.4 is 10.2 Å². The number of hydrogen-bond donors (Lipinski definition) is 1. The van der Waals surface area contributed by atoms with Crippen molar-refractivity contribution in [3.05, 3.63) is 77.1 Å². The van der Waals surface area contributed by atoms with E-state index in [4.69, 9.17) is 0 Å². The van der Waals surface area contributed by atoms with Crippen molar-refractivity contribution >= 4 is 35.0 Å². The Kier molecular flexibility index (Phi) is 8.74. The van der Waals surface area contributed by atoms with Crippen LogP contribution in [0.25, 0.3) is 0 Å². The zero-order valence-electron chi connectivity index (χ0n) is 22.1. The molecule has 1 heterocycles. The first kappa shape index (κ1) is 27.2. The summed E-state index contributed by atoms with van der Waals surface area (Å²) >= 11 is 1.29. The molecule has 1 aromatic heterocycles. The molecule has 2 aromatic carbocycles. The quantitative estimate of drug-likeness (QED) is 0.326. The van der Waals surface area contributed by atoms with Crippen LogP contribution in [-0.4, -0.2) is 52.1 Å². The highest BCUT2D eigenvalue weighted by molar-refractivity contribution is 7.99. The van der Waals surface area contributed by atoms with Crippen molar-refractivity contribution in [3.8, 4) is 0 Å². The Morgan fingerprint density at radius 2 is 1.56 bits per heavy atom. The molecule has 0 aliphatic rings. The predicted octanol–water partition coefficient (Wildman–Crippen LogP) is 5.01. The normalized spacial score (nSPS) is 11.2. The first-order valence-corrected chi connectivity index (χ1v) is 12.8. The molecule has 7 nitrogen and oxygen atoms in total. The lowest BCUT2D eigenvalue weighted by atomic mass is 9.98. The van der Waals surface area contributed by atoms with Crippen molar-refractivity contribution in [2.75, 3.05) is 30.1 Å². The van der Waals surface area contributed by atoms with Gasteiger partial charge in [0.1, 0.15) is 5.54 Å². The van der Waals surface area contributed by atoms with E-state index in [0.29, 0.717) is 17.4 Å². The minimum Gasteiger partial charge on any atom is -0.378 e. The van der Waals surface area contributed by atoms with Gasteiger partial charge in [-0.25, -0.2) is 9.97 Å². The zero-order valence-corrected chi connectivity index (χ0v) is 22.9. The number of aromatic nitrogens is 2. The highest BCUT2D eigenvalue weighted by Gasteiger charge is 2.38. The summed E-state index contributed by atoms with van der Waals surface area (Å²) in [5.41, 5.74) is 4.38. The minimum absolute atomic E-state index is 0.128. The summed E-state index contributed by atoms with van der Waals surface area (Å²) in [6.07, 6.45) is 0. The Labute approximate surface area is 218 Å². The van der Waals surface area contributed by atoms with E-state index < -0.39 is 5.54 Å². The molecule has 36 heavy (non-hydrogen) atoms. The standard InChI is InChI=1S/C28H35N5O2S/c1-19-10-8-9-11-22(19)17-33(25(34)18-36-27-29-20(2)16-21(3)30-27)28(4,5)26(35)31-23-12-14-24(15-13-23)32(6)7/h8-16H,17-18H2,1-7H3,(H,31,35). The maximum atomic E-state index is 13.6. The number of rotatable bonds is 9. The van der Waals surface area contributed by atoms with Crippen molar-refractivity contribution in [2.45, 2.75) is 51.9 Å². The van der Waals surface area contributed by atoms with Crippen LogP contribution in [0, 0.1) is 20.8 Å². The van der Waals surface area contributed by atoms with Crippen LogP contribution in [0.5, 0.6) is 0 Å². The molecule has 3 rings (SSSR count). The SMILES string of the molecule is Cc1cc(C)nc(SCC(=O)N(Cc2ccccc2C)C(C)(C)C(=O)Nc2ccc(N(C)C)cc2)n1. The summed E-state index contributed by atoms with van der Waals surface area (Å²) in [5, 5.41) is 3.55. The number of nitrogens with one attached hydrogen (secondary N) is 1. The average Bonchev–Trinajstić information content (AvgIpc) is 2.81. The molecular formula is C28H35N5O2S. The van der Waals surface area contributed by atoms with E-state index >= 15 is 0 Å². The van der Waals surface area contributed by atoms with Crippen molar-refractivity contribution < 1.29 is 9.59 Å².